The molecule has 1 atom stereocenters. The Labute approximate surface area is 296 Å². The molecule has 2 amide bonds. The zero-order chi connectivity index (χ0) is 36.1. The van der Waals surface area contributed by atoms with Crippen molar-refractivity contribution in [1.82, 2.24) is 35.4 Å². The molecule has 12 nitrogen and oxygen atoms in total. The largest absolute Gasteiger partial charge is 0.462 e. The van der Waals surface area contributed by atoms with E-state index in [1.54, 1.807) is 55.6 Å². The van der Waals surface area contributed by atoms with Crippen LogP contribution in [-0.2, 0) is 27.2 Å². The van der Waals surface area contributed by atoms with Crippen molar-refractivity contribution >= 4 is 41.2 Å². The number of ether oxygens (including phenoxy) is 1. The molecule has 258 valence electrons. The Morgan fingerprint density at radius 2 is 1.86 bits per heavy atom. The summed E-state index contributed by atoms with van der Waals surface area (Å²) in [6.45, 7) is 2.13. The number of hydrogen-bond acceptors (Lipinski definition) is 9. The van der Waals surface area contributed by atoms with Crippen LogP contribution in [0.4, 0.5) is 4.39 Å². The number of pyridine rings is 1. The molecule has 5 aromatic rings. The summed E-state index contributed by atoms with van der Waals surface area (Å²) in [7, 11) is 1.53. The van der Waals surface area contributed by atoms with Crippen LogP contribution < -0.4 is 5.32 Å². The maximum absolute atomic E-state index is 15.3. The first-order chi connectivity index (χ1) is 24.7. The zero-order valence-corrected chi connectivity index (χ0v) is 28.3. The molecule has 1 N–H and O–H groups in total. The van der Waals surface area contributed by atoms with E-state index in [9.17, 15) is 19.2 Å². The standard InChI is InChI=1S/C37H31ClFN7O5/c1-3-51-37(50)23-9-7-22(8-10-23)19-32(47)35-27-6-4-5-25(24-11-14-30(41-20-24)36(49)40-2)26(27)17-18-45(35)33(48)16-12-28-31(46-21-42-43-44-46)15-13-29(38)34(28)39/h4-16,20-21,35H,3,17-19H2,1-2H3,(H,40,49)/b16-12+. The van der Waals surface area contributed by atoms with Gasteiger partial charge in [-0.3, -0.25) is 19.4 Å². The van der Waals surface area contributed by atoms with Crippen LogP contribution in [0.3, 0.4) is 0 Å². The van der Waals surface area contributed by atoms with Crippen LogP contribution in [0.25, 0.3) is 22.9 Å². The summed E-state index contributed by atoms with van der Waals surface area (Å²) in [4.78, 5) is 58.3. The number of nitrogens with one attached hydrogen (secondary N) is 1. The quantitative estimate of drug-likeness (QED) is 0.156. The van der Waals surface area contributed by atoms with Gasteiger partial charge in [-0.1, -0.05) is 48.0 Å². The van der Waals surface area contributed by atoms with Gasteiger partial charge >= 0.3 is 5.97 Å². The molecular formula is C37H31ClFN7O5. The first-order valence-corrected chi connectivity index (χ1v) is 16.4. The number of nitrogens with zero attached hydrogens (tertiary/aromatic N) is 6. The second-order valence-electron chi connectivity index (χ2n) is 11.5. The minimum Gasteiger partial charge on any atom is -0.462 e. The number of tetrazole rings is 1. The van der Waals surface area contributed by atoms with Gasteiger partial charge in [0.1, 0.15) is 18.1 Å². The molecule has 1 unspecified atom stereocenters. The summed E-state index contributed by atoms with van der Waals surface area (Å²) in [6, 6.07) is 17.4. The Morgan fingerprint density at radius 1 is 1.06 bits per heavy atom. The fourth-order valence-corrected chi connectivity index (χ4v) is 6.21. The topological polar surface area (TPSA) is 149 Å². The van der Waals surface area contributed by atoms with Crippen LogP contribution in [0.1, 0.15) is 56.1 Å². The van der Waals surface area contributed by atoms with E-state index < -0.39 is 23.7 Å². The smallest absolute Gasteiger partial charge is 0.338 e. The van der Waals surface area contributed by atoms with Gasteiger partial charge in [-0.05, 0) is 82.4 Å². The number of hydrogen-bond donors (Lipinski definition) is 1. The third-order valence-corrected chi connectivity index (χ3v) is 8.78. The van der Waals surface area contributed by atoms with E-state index in [0.717, 1.165) is 16.7 Å². The molecule has 0 fully saturated rings. The highest BCUT2D eigenvalue weighted by Crippen LogP contribution is 2.37. The van der Waals surface area contributed by atoms with E-state index in [4.69, 9.17) is 16.3 Å². The number of rotatable bonds is 10. The molecule has 2 aromatic heterocycles. The summed E-state index contributed by atoms with van der Waals surface area (Å²) in [5.74, 6) is -2.35. The lowest BCUT2D eigenvalue weighted by Gasteiger charge is -2.37. The minimum atomic E-state index is -1.00. The Bertz CT molecular complexity index is 2140. The molecule has 14 heteroatoms. The number of carbonyl (C=O) groups is 4. The van der Waals surface area contributed by atoms with Crippen LogP contribution >= 0.6 is 11.6 Å². The molecule has 0 bridgehead atoms. The highest BCUT2D eigenvalue weighted by atomic mass is 35.5. The Hall–Kier alpha value is -6.08. The predicted molar refractivity (Wildman–Crippen MR) is 185 cm³/mol. The lowest BCUT2D eigenvalue weighted by Crippen LogP contribution is -2.43. The molecule has 3 heterocycles. The van der Waals surface area contributed by atoms with Crippen molar-refractivity contribution in [2.75, 3.05) is 20.2 Å². The van der Waals surface area contributed by atoms with Gasteiger partial charge in [-0.25, -0.2) is 9.18 Å². The molecular weight excluding hydrogens is 677 g/mol. The van der Waals surface area contributed by atoms with E-state index in [-0.39, 0.29) is 53.2 Å². The van der Waals surface area contributed by atoms with Crippen molar-refractivity contribution in [1.29, 1.82) is 0 Å². The lowest BCUT2D eigenvalue weighted by molar-refractivity contribution is -0.136. The number of benzene rings is 3. The Kier molecular flexibility index (Phi) is 10.4. The molecule has 1 aliphatic heterocycles. The SMILES string of the molecule is CCOC(=O)c1ccc(CC(=O)C2c3cccc(-c4ccc(C(=O)NC)nc4)c3CCN2C(=O)/C=C/c2c(-n3cnnn3)ccc(Cl)c2F)cc1. The van der Waals surface area contributed by atoms with Gasteiger partial charge in [0.25, 0.3) is 5.91 Å². The lowest BCUT2D eigenvalue weighted by atomic mass is 9.84. The molecule has 0 saturated heterocycles. The van der Waals surface area contributed by atoms with Gasteiger partial charge < -0.3 is 15.0 Å². The van der Waals surface area contributed by atoms with Gasteiger partial charge in [-0.15, -0.1) is 5.10 Å². The summed E-state index contributed by atoms with van der Waals surface area (Å²) in [6.07, 6.45) is 5.75. The molecule has 51 heavy (non-hydrogen) atoms. The van der Waals surface area contributed by atoms with E-state index >= 15 is 4.39 Å². The molecule has 1 aliphatic rings. The zero-order valence-electron chi connectivity index (χ0n) is 27.5. The van der Waals surface area contributed by atoms with Crippen molar-refractivity contribution in [3.05, 3.63) is 130 Å². The van der Waals surface area contributed by atoms with E-state index in [1.165, 1.54) is 47.2 Å². The maximum Gasteiger partial charge on any atom is 0.338 e. The number of aromatic nitrogens is 5. The number of esters is 1. The second kappa shape index (κ2) is 15.2. The van der Waals surface area contributed by atoms with Crippen LogP contribution in [0.15, 0.2) is 85.3 Å². The first-order valence-electron chi connectivity index (χ1n) is 16.0. The number of halogens is 2. The van der Waals surface area contributed by atoms with Gasteiger partial charge in [0.2, 0.25) is 5.91 Å². The van der Waals surface area contributed by atoms with Crippen LogP contribution in [0.2, 0.25) is 5.02 Å². The van der Waals surface area contributed by atoms with Gasteiger partial charge in [-0.2, -0.15) is 4.68 Å². The van der Waals surface area contributed by atoms with Crippen molar-refractivity contribution in [3.8, 4) is 16.8 Å². The van der Waals surface area contributed by atoms with Crippen LogP contribution in [0.5, 0.6) is 0 Å². The average Bonchev–Trinajstić information content (AvgIpc) is 3.69. The molecule has 6 rings (SSSR count). The molecule has 0 saturated carbocycles. The van der Waals surface area contributed by atoms with Crippen molar-refractivity contribution in [3.63, 3.8) is 0 Å². The first kappa shape index (κ1) is 34.8. The van der Waals surface area contributed by atoms with Gasteiger partial charge in [0.05, 0.1) is 22.9 Å². The molecule has 0 aliphatic carbocycles. The number of amides is 2. The average molecular weight is 708 g/mol. The van der Waals surface area contributed by atoms with Gasteiger partial charge in [0, 0.05) is 43.4 Å². The number of Topliss-reactive ketones (excluding diaryl/α,β-unsaturated/α-hetero) is 1. The van der Waals surface area contributed by atoms with Crippen LogP contribution in [0, 0.1) is 5.82 Å². The normalized spacial score (nSPS) is 13.9. The highest BCUT2D eigenvalue weighted by molar-refractivity contribution is 6.31. The summed E-state index contributed by atoms with van der Waals surface area (Å²) in [5.41, 5.74) is 4.55. The fourth-order valence-electron chi connectivity index (χ4n) is 6.05. The van der Waals surface area contributed by atoms with Crippen LogP contribution in [-0.4, -0.2) is 73.9 Å². The van der Waals surface area contributed by atoms with E-state index in [1.807, 2.05) is 12.1 Å². The molecule has 0 radical (unpaired) electrons. The molecule has 0 spiro atoms. The predicted octanol–water partition coefficient (Wildman–Crippen LogP) is 5.00. The van der Waals surface area contributed by atoms with E-state index in [2.05, 4.69) is 25.8 Å². The van der Waals surface area contributed by atoms with Crippen molar-refractivity contribution < 1.29 is 28.3 Å². The number of ketones is 1. The molecule has 3 aromatic carbocycles. The summed E-state index contributed by atoms with van der Waals surface area (Å²) < 4.78 is 21.6. The summed E-state index contributed by atoms with van der Waals surface area (Å²) >= 11 is 6.09. The third kappa shape index (κ3) is 7.29. The Morgan fingerprint density at radius 3 is 2.55 bits per heavy atom. The minimum absolute atomic E-state index is 0.0138. The monoisotopic (exact) mass is 707 g/mol. The van der Waals surface area contributed by atoms with Gasteiger partial charge in [0.15, 0.2) is 11.6 Å². The van der Waals surface area contributed by atoms with Crippen molar-refractivity contribution in [2.24, 2.45) is 0 Å². The fraction of sp³-hybridized carbons (Fsp3) is 0.189. The van der Waals surface area contributed by atoms with E-state index in [0.29, 0.717) is 23.1 Å². The highest BCUT2D eigenvalue weighted by Gasteiger charge is 2.36. The number of carbonyl (C=O) groups excluding carboxylic acids is 4. The second-order valence-corrected chi connectivity index (χ2v) is 11.9. The third-order valence-electron chi connectivity index (χ3n) is 8.48. The Balaban J connectivity index is 1.36. The number of fused-ring (bicyclic) bond motifs is 1. The van der Waals surface area contributed by atoms with Crippen molar-refractivity contribution in [2.45, 2.75) is 25.8 Å². The maximum atomic E-state index is 15.3. The summed E-state index contributed by atoms with van der Waals surface area (Å²) in [5, 5.41) is 13.4.